The van der Waals surface area contributed by atoms with Gasteiger partial charge in [-0.15, -0.1) is 0 Å². The summed E-state index contributed by atoms with van der Waals surface area (Å²) in [5.74, 6) is 0. The first-order valence-electron chi connectivity index (χ1n) is 4.95. The van der Waals surface area contributed by atoms with Crippen LogP contribution in [0.5, 0.6) is 0 Å². The first-order chi connectivity index (χ1) is 6.75. The Bertz CT molecular complexity index is 185. The molecule has 1 fully saturated rings. The summed E-state index contributed by atoms with van der Waals surface area (Å²) in [6, 6.07) is 0. The molecule has 0 aromatic heterocycles. The largest absolute Gasteiger partial charge is 0.759 e. The second kappa shape index (κ2) is 6.47. The Morgan fingerprint density at radius 2 is 2.14 bits per heavy atom. The van der Waals surface area contributed by atoms with Crippen LogP contribution >= 0.6 is 0 Å². The minimum Gasteiger partial charge on any atom is -0.759 e. The molecule has 5 nitrogen and oxygen atoms in total. The lowest BCUT2D eigenvalue weighted by atomic mass is 10.3. The molecule has 84 valence electrons. The molecule has 0 aromatic rings. The summed E-state index contributed by atoms with van der Waals surface area (Å²) >= 11 is -2.15. The quantitative estimate of drug-likeness (QED) is 0.619. The van der Waals surface area contributed by atoms with E-state index in [2.05, 4.69) is 0 Å². The van der Waals surface area contributed by atoms with Gasteiger partial charge in [-0.3, -0.25) is 4.21 Å². The van der Waals surface area contributed by atoms with Gasteiger partial charge in [-0.1, -0.05) is 13.3 Å². The van der Waals surface area contributed by atoms with Gasteiger partial charge >= 0.3 is 0 Å². The molecule has 14 heavy (non-hydrogen) atoms. The summed E-state index contributed by atoms with van der Waals surface area (Å²) in [4.78, 5) is 0. The standard InChI is InChI=1S/C8H18N2O3S/c1-2-3-4-10(14(11)12)9-5-7-13-8-6-9/h2-8H2,1H3,(H,11,12)/p-1. The molecule has 1 rings (SSSR count). The van der Waals surface area contributed by atoms with Crippen LogP contribution in [0.4, 0.5) is 0 Å². The van der Waals surface area contributed by atoms with Crippen LogP contribution in [-0.2, 0) is 16.0 Å². The molecule has 1 saturated heterocycles. The second-order valence-electron chi connectivity index (χ2n) is 3.21. The van der Waals surface area contributed by atoms with Gasteiger partial charge < -0.3 is 9.29 Å². The highest BCUT2D eigenvalue weighted by molar-refractivity contribution is 7.76. The van der Waals surface area contributed by atoms with Crippen molar-refractivity contribution in [2.75, 3.05) is 32.8 Å². The molecular weight excluding hydrogens is 204 g/mol. The van der Waals surface area contributed by atoms with Crippen LogP contribution in [0.25, 0.3) is 0 Å². The fourth-order valence-electron chi connectivity index (χ4n) is 1.38. The molecule has 6 heteroatoms. The van der Waals surface area contributed by atoms with Crippen molar-refractivity contribution >= 4 is 11.3 Å². The van der Waals surface area contributed by atoms with Crippen molar-refractivity contribution < 1.29 is 13.5 Å². The summed E-state index contributed by atoms with van der Waals surface area (Å²) in [6.45, 7) is 5.17. The van der Waals surface area contributed by atoms with E-state index in [0.717, 1.165) is 12.8 Å². The lowest BCUT2D eigenvalue weighted by Crippen LogP contribution is -2.49. The number of morpholine rings is 1. The van der Waals surface area contributed by atoms with Gasteiger partial charge in [0.15, 0.2) is 0 Å². The van der Waals surface area contributed by atoms with E-state index in [0.29, 0.717) is 32.8 Å². The van der Waals surface area contributed by atoms with E-state index in [1.54, 1.807) is 0 Å². The number of hydrogen-bond acceptors (Lipinski definition) is 4. The maximum atomic E-state index is 10.9. The van der Waals surface area contributed by atoms with Crippen molar-refractivity contribution in [1.82, 2.24) is 9.42 Å². The molecule has 1 unspecified atom stereocenters. The van der Waals surface area contributed by atoms with Crippen molar-refractivity contribution in [3.05, 3.63) is 0 Å². The molecule has 0 aromatic carbocycles. The predicted molar refractivity (Wildman–Crippen MR) is 52.9 cm³/mol. The first-order valence-corrected chi connectivity index (χ1v) is 5.98. The zero-order chi connectivity index (χ0) is 10.4. The van der Waals surface area contributed by atoms with E-state index < -0.39 is 11.3 Å². The third-order valence-electron chi connectivity index (χ3n) is 2.18. The van der Waals surface area contributed by atoms with Crippen LogP contribution < -0.4 is 0 Å². The van der Waals surface area contributed by atoms with E-state index >= 15 is 0 Å². The maximum Gasteiger partial charge on any atom is 0.0608 e. The molecule has 0 bridgehead atoms. The topological polar surface area (TPSA) is 55.8 Å². The van der Waals surface area contributed by atoms with Gasteiger partial charge in [0.25, 0.3) is 0 Å². The number of rotatable bonds is 5. The minimum atomic E-state index is -2.15. The average Bonchev–Trinajstić information content (AvgIpc) is 2.19. The molecule has 1 atom stereocenters. The van der Waals surface area contributed by atoms with Crippen LogP contribution in [0.15, 0.2) is 0 Å². The van der Waals surface area contributed by atoms with E-state index in [4.69, 9.17) is 4.74 Å². The molecule has 0 aliphatic carbocycles. The third-order valence-corrected chi connectivity index (χ3v) is 2.94. The molecule has 0 N–H and O–H groups in total. The Hall–Kier alpha value is -0.0100. The summed E-state index contributed by atoms with van der Waals surface area (Å²) in [6.07, 6.45) is 1.89. The van der Waals surface area contributed by atoms with Gasteiger partial charge in [0.1, 0.15) is 0 Å². The summed E-state index contributed by atoms with van der Waals surface area (Å²) in [7, 11) is 0. The van der Waals surface area contributed by atoms with Crippen molar-refractivity contribution in [1.29, 1.82) is 0 Å². The van der Waals surface area contributed by atoms with Crippen molar-refractivity contribution in [2.24, 2.45) is 0 Å². The molecule has 0 spiro atoms. The molecule has 0 amide bonds. The molecule has 0 saturated carbocycles. The molecule has 1 heterocycles. The minimum absolute atomic E-state index is 0.576. The number of unbranched alkanes of at least 4 members (excludes halogenated alkanes) is 1. The van der Waals surface area contributed by atoms with E-state index in [1.165, 1.54) is 4.41 Å². The Kier molecular flexibility index (Phi) is 5.57. The van der Waals surface area contributed by atoms with Gasteiger partial charge in [-0.05, 0) is 6.42 Å². The monoisotopic (exact) mass is 221 g/mol. The Morgan fingerprint density at radius 1 is 1.50 bits per heavy atom. The van der Waals surface area contributed by atoms with Gasteiger partial charge in [-0.25, -0.2) is 5.01 Å². The van der Waals surface area contributed by atoms with E-state index in [1.807, 2.05) is 11.9 Å². The second-order valence-corrected chi connectivity index (χ2v) is 4.07. The van der Waals surface area contributed by atoms with Crippen LogP contribution in [-0.4, -0.2) is 51.0 Å². The zero-order valence-corrected chi connectivity index (χ0v) is 9.29. The fourth-order valence-corrected chi connectivity index (χ4v) is 2.01. The number of ether oxygens (including phenoxy) is 1. The fraction of sp³-hybridized carbons (Fsp3) is 1.00. The average molecular weight is 221 g/mol. The summed E-state index contributed by atoms with van der Waals surface area (Å²) in [5.41, 5.74) is 0. The highest BCUT2D eigenvalue weighted by Gasteiger charge is 2.18. The highest BCUT2D eigenvalue weighted by Crippen LogP contribution is 2.06. The Labute approximate surface area is 87.4 Å². The van der Waals surface area contributed by atoms with E-state index in [-0.39, 0.29) is 0 Å². The number of hydrogen-bond donors (Lipinski definition) is 0. The summed E-state index contributed by atoms with van der Waals surface area (Å²) < 4.78 is 28.5. The van der Waals surface area contributed by atoms with Gasteiger partial charge in [0.2, 0.25) is 0 Å². The molecule has 1 aliphatic heterocycles. The lowest BCUT2D eigenvalue weighted by molar-refractivity contribution is -0.0430. The van der Waals surface area contributed by atoms with Gasteiger partial charge in [-0.2, -0.15) is 4.41 Å². The molecule has 0 radical (unpaired) electrons. The third kappa shape index (κ3) is 3.62. The van der Waals surface area contributed by atoms with Gasteiger partial charge in [0, 0.05) is 30.9 Å². The van der Waals surface area contributed by atoms with Crippen LogP contribution in [0, 0.1) is 0 Å². The lowest BCUT2D eigenvalue weighted by Gasteiger charge is -2.37. The number of hydrazine groups is 1. The SMILES string of the molecule is CCCCN(N1CCOCC1)S(=O)[O-]. The van der Waals surface area contributed by atoms with Crippen LogP contribution in [0.2, 0.25) is 0 Å². The molecular formula is C8H17N2O3S-. The van der Waals surface area contributed by atoms with E-state index in [9.17, 15) is 8.76 Å². The Balaban J connectivity index is 2.43. The maximum absolute atomic E-state index is 10.9. The normalized spacial score (nSPS) is 21.4. The van der Waals surface area contributed by atoms with Crippen LogP contribution in [0.1, 0.15) is 19.8 Å². The number of nitrogens with zero attached hydrogens (tertiary/aromatic N) is 2. The first kappa shape index (κ1) is 12.1. The highest BCUT2D eigenvalue weighted by atomic mass is 32.2. The van der Waals surface area contributed by atoms with Crippen LogP contribution in [0.3, 0.4) is 0 Å². The summed E-state index contributed by atoms with van der Waals surface area (Å²) in [5, 5.41) is 1.84. The zero-order valence-electron chi connectivity index (χ0n) is 8.48. The Morgan fingerprint density at radius 3 is 2.64 bits per heavy atom. The van der Waals surface area contributed by atoms with Crippen molar-refractivity contribution in [3.63, 3.8) is 0 Å². The van der Waals surface area contributed by atoms with Crippen molar-refractivity contribution in [3.8, 4) is 0 Å². The smallest absolute Gasteiger partial charge is 0.0608 e. The van der Waals surface area contributed by atoms with Crippen molar-refractivity contribution in [2.45, 2.75) is 19.8 Å². The predicted octanol–water partition coefficient (Wildman–Crippen LogP) is 0.130. The van der Waals surface area contributed by atoms with Gasteiger partial charge in [0.05, 0.1) is 13.2 Å². The molecule has 1 aliphatic rings.